The maximum atomic E-state index is 13.0. The van der Waals surface area contributed by atoms with Crippen LogP contribution in [0.25, 0.3) is 0 Å². The predicted molar refractivity (Wildman–Crippen MR) is 117 cm³/mol. The fourth-order valence-electron chi connectivity index (χ4n) is 4.07. The molecule has 6 heteroatoms. The maximum absolute atomic E-state index is 13.0. The van der Waals surface area contributed by atoms with Crippen LogP contribution in [-0.4, -0.2) is 44.2 Å². The van der Waals surface area contributed by atoms with Gasteiger partial charge in [0.25, 0.3) is 5.91 Å². The van der Waals surface area contributed by atoms with Crippen LogP contribution in [0.2, 0.25) is 0 Å². The Morgan fingerprint density at radius 1 is 1.14 bits per heavy atom. The second-order valence-corrected chi connectivity index (χ2v) is 8.13. The van der Waals surface area contributed by atoms with Gasteiger partial charge in [0.15, 0.2) is 0 Å². The number of ether oxygens (including phenoxy) is 1. The fourth-order valence-corrected chi connectivity index (χ4v) is 4.07. The summed E-state index contributed by atoms with van der Waals surface area (Å²) in [6.07, 6.45) is 9.24. The van der Waals surface area contributed by atoms with Gasteiger partial charge in [0.1, 0.15) is 0 Å². The number of carbonyl (C=O) groups is 2. The van der Waals surface area contributed by atoms with E-state index in [-0.39, 0.29) is 17.9 Å². The van der Waals surface area contributed by atoms with Gasteiger partial charge in [-0.05, 0) is 56.7 Å². The van der Waals surface area contributed by atoms with Crippen molar-refractivity contribution in [3.63, 3.8) is 0 Å². The molecule has 2 amide bonds. The summed E-state index contributed by atoms with van der Waals surface area (Å²) in [5.41, 5.74) is 2.28. The number of rotatable bonds is 9. The molecular weight excluding hydrogens is 366 g/mol. The van der Waals surface area contributed by atoms with Gasteiger partial charge in [-0.2, -0.15) is 0 Å². The monoisotopic (exact) mass is 401 g/mol. The van der Waals surface area contributed by atoms with Gasteiger partial charge in [-0.15, -0.1) is 0 Å². The van der Waals surface area contributed by atoms with Crippen LogP contribution in [0.3, 0.4) is 0 Å². The normalized spacial score (nSPS) is 19.2. The molecule has 2 saturated heterocycles. The molecule has 3 rings (SSSR count). The Labute approximate surface area is 174 Å². The lowest BCUT2D eigenvalue weighted by Gasteiger charge is -2.30. The van der Waals surface area contributed by atoms with Gasteiger partial charge in [-0.1, -0.05) is 19.8 Å². The third kappa shape index (κ3) is 6.46. The molecule has 160 valence electrons. The van der Waals surface area contributed by atoms with E-state index in [4.69, 9.17) is 4.74 Å². The summed E-state index contributed by atoms with van der Waals surface area (Å²) in [6.45, 7) is 5.37. The van der Waals surface area contributed by atoms with Gasteiger partial charge in [0, 0.05) is 44.0 Å². The average molecular weight is 402 g/mol. The molecule has 2 fully saturated rings. The smallest absolute Gasteiger partial charge is 0.253 e. The van der Waals surface area contributed by atoms with Gasteiger partial charge >= 0.3 is 0 Å². The average Bonchev–Trinajstić information content (AvgIpc) is 3.26. The van der Waals surface area contributed by atoms with E-state index in [2.05, 4.69) is 22.5 Å². The van der Waals surface area contributed by atoms with Crippen molar-refractivity contribution in [2.75, 3.05) is 36.5 Å². The third-order valence-corrected chi connectivity index (χ3v) is 5.74. The Morgan fingerprint density at radius 2 is 1.97 bits per heavy atom. The van der Waals surface area contributed by atoms with Crippen molar-refractivity contribution in [2.24, 2.45) is 0 Å². The maximum Gasteiger partial charge on any atom is 0.253 e. The van der Waals surface area contributed by atoms with E-state index < -0.39 is 0 Å². The Balaban J connectivity index is 1.71. The summed E-state index contributed by atoms with van der Waals surface area (Å²) in [4.78, 5) is 27.5. The molecule has 2 aliphatic heterocycles. The number of carbonyl (C=O) groups excluding carboxylic acids is 2. The van der Waals surface area contributed by atoms with Crippen LogP contribution >= 0.6 is 0 Å². The third-order valence-electron chi connectivity index (χ3n) is 5.74. The summed E-state index contributed by atoms with van der Waals surface area (Å²) in [5, 5.41) is 6.00. The summed E-state index contributed by atoms with van der Waals surface area (Å²) in [7, 11) is 0. The van der Waals surface area contributed by atoms with Crippen LogP contribution in [0.4, 0.5) is 11.4 Å². The number of unbranched alkanes of at least 4 members (excludes halogenated alkanes) is 2. The molecular formula is C23H35N3O3. The van der Waals surface area contributed by atoms with Crippen molar-refractivity contribution in [1.29, 1.82) is 0 Å². The quantitative estimate of drug-likeness (QED) is 0.611. The molecule has 0 aliphatic carbocycles. The number of hydrogen-bond acceptors (Lipinski definition) is 4. The molecule has 6 nitrogen and oxygen atoms in total. The van der Waals surface area contributed by atoms with Gasteiger partial charge in [-0.25, -0.2) is 0 Å². The first-order valence-corrected chi connectivity index (χ1v) is 11.3. The molecule has 0 radical (unpaired) electrons. The number of hydrogen-bond donors (Lipinski definition) is 2. The van der Waals surface area contributed by atoms with E-state index in [9.17, 15) is 9.59 Å². The molecule has 29 heavy (non-hydrogen) atoms. The molecule has 1 unspecified atom stereocenters. The largest absolute Gasteiger partial charge is 0.376 e. The van der Waals surface area contributed by atoms with Crippen LogP contribution in [0, 0.1) is 0 Å². The number of nitrogens with one attached hydrogen (secondary N) is 2. The van der Waals surface area contributed by atoms with Crippen LogP contribution in [0.15, 0.2) is 18.2 Å². The number of nitrogens with zero attached hydrogens (tertiary/aromatic N) is 1. The molecule has 1 aromatic rings. The van der Waals surface area contributed by atoms with E-state index >= 15 is 0 Å². The van der Waals surface area contributed by atoms with Crippen molar-refractivity contribution in [2.45, 2.75) is 70.8 Å². The molecule has 2 aliphatic rings. The van der Waals surface area contributed by atoms with Crippen molar-refractivity contribution in [3.05, 3.63) is 23.8 Å². The fraction of sp³-hybridized carbons (Fsp3) is 0.652. The summed E-state index contributed by atoms with van der Waals surface area (Å²) in [6, 6.07) is 5.72. The molecule has 0 spiro atoms. The lowest BCUT2D eigenvalue weighted by molar-refractivity contribution is -0.116. The van der Waals surface area contributed by atoms with Gasteiger partial charge < -0.3 is 20.3 Å². The Bertz CT molecular complexity index is 680. The summed E-state index contributed by atoms with van der Waals surface area (Å²) >= 11 is 0. The minimum Gasteiger partial charge on any atom is -0.376 e. The molecule has 1 aromatic carbocycles. The van der Waals surface area contributed by atoms with Crippen molar-refractivity contribution < 1.29 is 14.3 Å². The SMILES string of the molecule is CCCCCC(=O)Nc1ccc(N2CCCCC2)c(C(=O)NCC2CCCO2)c1. The van der Waals surface area contributed by atoms with E-state index in [1.54, 1.807) is 0 Å². The predicted octanol–water partition coefficient (Wildman–Crippen LogP) is 4.10. The highest BCUT2D eigenvalue weighted by atomic mass is 16.5. The number of benzene rings is 1. The number of piperidine rings is 1. The lowest BCUT2D eigenvalue weighted by Crippen LogP contribution is -2.35. The first-order valence-electron chi connectivity index (χ1n) is 11.3. The second kappa shape index (κ2) is 11.2. The zero-order valence-electron chi connectivity index (χ0n) is 17.7. The molecule has 0 saturated carbocycles. The van der Waals surface area contributed by atoms with Crippen LogP contribution < -0.4 is 15.5 Å². The molecule has 1 atom stereocenters. The van der Waals surface area contributed by atoms with Crippen LogP contribution in [-0.2, 0) is 9.53 Å². The Morgan fingerprint density at radius 3 is 2.69 bits per heavy atom. The van der Waals surface area contributed by atoms with Gasteiger partial charge in [0.05, 0.1) is 11.7 Å². The zero-order chi connectivity index (χ0) is 20.5. The topological polar surface area (TPSA) is 70.7 Å². The minimum atomic E-state index is -0.0943. The second-order valence-electron chi connectivity index (χ2n) is 8.13. The van der Waals surface area contributed by atoms with Crippen molar-refractivity contribution >= 4 is 23.2 Å². The highest BCUT2D eigenvalue weighted by molar-refractivity contribution is 6.02. The van der Waals surface area contributed by atoms with Gasteiger partial charge in [-0.3, -0.25) is 9.59 Å². The first-order chi connectivity index (χ1) is 14.2. The minimum absolute atomic E-state index is 0.00915. The van der Waals surface area contributed by atoms with Crippen LogP contribution in [0.1, 0.15) is 75.1 Å². The molecule has 2 heterocycles. The van der Waals surface area contributed by atoms with Crippen molar-refractivity contribution in [1.82, 2.24) is 5.32 Å². The Kier molecular flexibility index (Phi) is 8.35. The summed E-state index contributed by atoms with van der Waals surface area (Å²) < 4.78 is 5.63. The summed E-state index contributed by atoms with van der Waals surface area (Å²) in [5.74, 6) is -0.0851. The van der Waals surface area contributed by atoms with E-state index in [1.807, 2.05) is 18.2 Å². The lowest BCUT2D eigenvalue weighted by atomic mass is 10.1. The molecule has 2 N–H and O–H groups in total. The highest BCUT2D eigenvalue weighted by Gasteiger charge is 2.21. The van der Waals surface area contributed by atoms with Crippen molar-refractivity contribution in [3.8, 4) is 0 Å². The molecule has 0 bridgehead atoms. The van der Waals surface area contributed by atoms with Crippen LogP contribution in [0.5, 0.6) is 0 Å². The Hall–Kier alpha value is -2.08. The molecule has 0 aromatic heterocycles. The first kappa shape index (κ1) is 21.6. The highest BCUT2D eigenvalue weighted by Crippen LogP contribution is 2.27. The van der Waals surface area contributed by atoms with Gasteiger partial charge in [0.2, 0.25) is 5.91 Å². The van der Waals surface area contributed by atoms with E-state index in [1.165, 1.54) is 6.42 Å². The van der Waals surface area contributed by atoms with E-state index in [0.717, 1.165) is 70.3 Å². The standard InChI is InChI=1S/C23H35N3O3/c1-2-3-5-10-22(27)25-18-11-12-21(26-13-6-4-7-14-26)20(16-18)23(28)24-17-19-9-8-15-29-19/h11-12,16,19H,2-10,13-15,17H2,1H3,(H,24,28)(H,25,27). The zero-order valence-corrected chi connectivity index (χ0v) is 17.7. The van der Waals surface area contributed by atoms with E-state index in [0.29, 0.717) is 24.2 Å². The number of amides is 2. The number of anilines is 2.